The topological polar surface area (TPSA) is 33.7 Å². The monoisotopic (exact) mass is 200 g/mol. The summed E-state index contributed by atoms with van der Waals surface area (Å²) < 4.78 is 11.3. The Morgan fingerprint density at radius 2 is 2.21 bits per heavy atom. The smallest absolute Gasteiger partial charge is 0.0952 e. The minimum Gasteiger partial charge on any atom is -0.378 e. The van der Waals surface area contributed by atoms with E-state index in [-0.39, 0.29) is 5.60 Å². The number of nitrogens with one attached hydrogen (secondary N) is 1. The van der Waals surface area contributed by atoms with Gasteiger partial charge in [-0.25, -0.2) is 0 Å². The number of nitrogens with zero attached hydrogens (tertiary/aromatic N) is 1. The minimum atomic E-state index is 0.0198. The van der Waals surface area contributed by atoms with E-state index in [1.54, 1.807) is 0 Å². The molecule has 0 amide bonds. The Morgan fingerprint density at radius 1 is 1.36 bits per heavy atom. The van der Waals surface area contributed by atoms with Crippen LogP contribution in [0.5, 0.6) is 0 Å². The van der Waals surface area contributed by atoms with Crippen LogP contribution in [0.2, 0.25) is 0 Å². The molecular weight excluding hydrogens is 180 g/mol. The van der Waals surface area contributed by atoms with Crippen LogP contribution in [0.4, 0.5) is 0 Å². The van der Waals surface area contributed by atoms with Gasteiger partial charge in [0.05, 0.1) is 12.2 Å². The zero-order chi connectivity index (χ0) is 10.0. The number of ether oxygens (including phenoxy) is 2. The summed E-state index contributed by atoms with van der Waals surface area (Å²) in [7, 11) is 4.07. The summed E-state index contributed by atoms with van der Waals surface area (Å²) in [6.07, 6.45) is 3.23. The summed E-state index contributed by atoms with van der Waals surface area (Å²) in [5.74, 6) is 0. The molecule has 0 radical (unpaired) electrons. The van der Waals surface area contributed by atoms with Crippen LogP contribution in [-0.4, -0.2) is 50.6 Å². The Balaban J connectivity index is 1.90. The molecule has 2 aliphatic rings. The van der Waals surface area contributed by atoms with Crippen LogP contribution in [0.15, 0.2) is 0 Å². The molecule has 0 bridgehead atoms. The van der Waals surface area contributed by atoms with Gasteiger partial charge in [-0.15, -0.1) is 0 Å². The van der Waals surface area contributed by atoms with Crippen molar-refractivity contribution in [3.8, 4) is 0 Å². The zero-order valence-electron chi connectivity index (χ0n) is 9.08. The average molecular weight is 200 g/mol. The van der Waals surface area contributed by atoms with Crippen molar-refractivity contribution in [3.05, 3.63) is 0 Å². The van der Waals surface area contributed by atoms with Gasteiger partial charge in [-0.05, 0) is 12.8 Å². The molecule has 4 nitrogen and oxygen atoms in total. The van der Waals surface area contributed by atoms with E-state index in [1.807, 2.05) is 19.1 Å². The molecule has 2 heterocycles. The fraction of sp³-hybridized carbons (Fsp3) is 1.00. The lowest BCUT2D eigenvalue weighted by atomic mass is 9.90. The van der Waals surface area contributed by atoms with Gasteiger partial charge in [0.15, 0.2) is 0 Å². The molecule has 2 fully saturated rings. The predicted molar refractivity (Wildman–Crippen MR) is 54.0 cm³/mol. The number of rotatable bonds is 2. The second kappa shape index (κ2) is 4.14. The van der Waals surface area contributed by atoms with Crippen LogP contribution in [0.1, 0.15) is 19.3 Å². The van der Waals surface area contributed by atoms with Crippen molar-refractivity contribution >= 4 is 0 Å². The van der Waals surface area contributed by atoms with Gasteiger partial charge in [0.25, 0.3) is 0 Å². The third kappa shape index (κ3) is 2.25. The Kier molecular flexibility index (Phi) is 3.07. The van der Waals surface area contributed by atoms with Gasteiger partial charge in [0, 0.05) is 39.8 Å². The molecule has 0 aromatic carbocycles. The van der Waals surface area contributed by atoms with Crippen molar-refractivity contribution in [2.24, 2.45) is 0 Å². The highest BCUT2D eigenvalue weighted by Crippen LogP contribution is 2.32. The van der Waals surface area contributed by atoms with Crippen molar-refractivity contribution in [2.45, 2.75) is 30.9 Å². The van der Waals surface area contributed by atoms with Crippen LogP contribution in [0, 0.1) is 0 Å². The SMILES string of the molecule is CN(C)NC1CCOC2(CCOC2)C1. The van der Waals surface area contributed by atoms with E-state index in [1.165, 1.54) is 0 Å². The minimum absolute atomic E-state index is 0.0198. The van der Waals surface area contributed by atoms with Crippen molar-refractivity contribution < 1.29 is 9.47 Å². The van der Waals surface area contributed by atoms with Crippen molar-refractivity contribution in [1.82, 2.24) is 10.4 Å². The first kappa shape index (κ1) is 10.4. The molecule has 2 atom stereocenters. The van der Waals surface area contributed by atoms with Gasteiger partial charge in [-0.2, -0.15) is 0 Å². The van der Waals surface area contributed by atoms with E-state index in [9.17, 15) is 0 Å². The number of hydrogen-bond donors (Lipinski definition) is 1. The number of hydrogen-bond acceptors (Lipinski definition) is 4. The van der Waals surface area contributed by atoms with Gasteiger partial charge < -0.3 is 9.47 Å². The van der Waals surface area contributed by atoms with Crippen LogP contribution in [0.25, 0.3) is 0 Å². The van der Waals surface area contributed by atoms with E-state index < -0.39 is 0 Å². The first-order valence-corrected chi connectivity index (χ1v) is 5.35. The van der Waals surface area contributed by atoms with E-state index >= 15 is 0 Å². The van der Waals surface area contributed by atoms with Crippen LogP contribution in [-0.2, 0) is 9.47 Å². The van der Waals surface area contributed by atoms with Crippen molar-refractivity contribution in [2.75, 3.05) is 33.9 Å². The maximum absolute atomic E-state index is 5.85. The predicted octanol–water partition coefficient (Wildman–Crippen LogP) is 0.391. The van der Waals surface area contributed by atoms with Gasteiger partial charge in [-0.3, -0.25) is 10.4 Å². The molecule has 82 valence electrons. The molecule has 14 heavy (non-hydrogen) atoms. The molecule has 2 saturated heterocycles. The second-order valence-electron chi connectivity index (χ2n) is 4.55. The second-order valence-corrected chi connectivity index (χ2v) is 4.55. The molecule has 0 saturated carbocycles. The fourth-order valence-corrected chi connectivity index (χ4v) is 2.37. The lowest BCUT2D eigenvalue weighted by Gasteiger charge is -2.38. The zero-order valence-corrected chi connectivity index (χ0v) is 9.08. The maximum atomic E-state index is 5.85. The Morgan fingerprint density at radius 3 is 2.86 bits per heavy atom. The lowest BCUT2D eigenvalue weighted by Crippen LogP contribution is -2.50. The molecule has 0 aliphatic carbocycles. The highest BCUT2D eigenvalue weighted by atomic mass is 16.6. The Hall–Kier alpha value is -0.160. The fourth-order valence-electron chi connectivity index (χ4n) is 2.37. The normalized spacial score (nSPS) is 38.4. The summed E-state index contributed by atoms with van der Waals surface area (Å²) in [6, 6.07) is 0.542. The third-order valence-electron chi connectivity index (χ3n) is 3.00. The summed E-state index contributed by atoms with van der Waals surface area (Å²) in [6.45, 7) is 2.49. The Labute approximate surface area is 85.5 Å². The van der Waals surface area contributed by atoms with E-state index in [2.05, 4.69) is 5.43 Å². The van der Waals surface area contributed by atoms with Gasteiger partial charge >= 0.3 is 0 Å². The first-order valence-electron chi connectivity index (χ1n) is 5.35. The molecule has 1 spiro atoms. The highest BCUT2D eigenvalue weighted by molar-refractivity contribution is 4.92. The van der Waals surface area contributed by atoms with Crippen molar-refractivity contribution in [3.63, 3.8) is 0 Å². The largest absolute Gasteiger partial charge is 0.378 e. The van der Waals surface area contributed by atoms with Gasteiger partial charge in [0.1, 0.15) is 0 Å². The molecule has 4 heteroatoms. The maximum Gasteiger partial charge on any atom is 0.0952 e. The lowest BCUT2D eigenvalue weighted by molar-refractivity contribution is -0.0951. The molecule has 2 rings (SSSR count). The molecule has 0 aromatic rings. The molecule has 0 aromatic heterocycles. The standard InChI is InChI=1S/C10H20N2O2/c1-12(2)11-9-3-5-14-10(7-9)4-6-13-8-10/h9,11H,3-8H2,1-2H3. The Bertz CT molecular complexity index is 191. The summed E-state index contributed by atoms with van der Waals surface area (Å²) in [5.41, 5.74) is 3.45. The first-order chi connectivity index (χ1) is 6.70. The average Bonchev–Trinajstić information content (AvgIpc) is 2.52. The van der Waals surface area contributed by atoms with Crippen LogP contribution in [0.3, 0.4) is 0 Å². The van der Waals surface area contributed by atoms with Crippen LogP contribution < -0.4 is 5.43 Å². The molecule has 1 N–H and O–H groups in total. The summed E-state index contributed by atoms with van der Waals surface area (Å²) >= 11 is 0. The quantitative estimate of drug-likeness (QED) is 0.654. The van der Waals surface area contributed by atoms with E-state index in [0.29, 0.717) is 6.04 Å². The molecule has 2 aliphatic heterocycles. The summed E-state index contributed by atoms with van der Waals surface area (Å²) in [4.78, 5) is 0. The molecular formula is C10H20N2O2. The van der Waals surface area contributed by atoms with Crippen molar-refractivity contribution in [1.29, 1.82) is 0 Å². The van der Waals surface area contributed by atoms with E-state index in [4.69, 9.17) is 9.47 Å². The van der Waals surface area contributed by atoms with E-state index in [0.717, 1.165) is 39.1 Å². The highest BCUT2D eigenvalue weighted by Gasteiger charge is 2.40. The molecule has 2 unspecified atom stereocenters. The summed E-state index contributed by atoms with van der Waals surface area (Å²) in [5, 5.41) is 2.03. The third-order valence-corrected chi connectivity index (χ3v) is 3.00. The van der Waals surface area contributed by atoms with Gasteiger partial charge in [0.2, 0.25) is 0 Å². The van der Waals surface area contributed by atoms with Gasteiger partial charge in [-0.1, -0.05) is 0 Å². The van der Waals surface area contributed by atoms with Crippen LogP contribution >= 0.6 is 0 Å². The number of hydrazine groups is 1.